The van der Waals surface area contributed by atoms with Crippen LogP contribution in [0.15, 0.2) is 18.3 Å². The molecular formula is C12H18N4. The smallest absolute Gasteiger partial charge is 0.148 e. The maximum Gasteiger partial charge on any atom is 0.148 e. The number of nitrogens with one attached hydrogen (secondary N) is 1. The van der Waals surface area contributed by atoms with Crippen molar-refractivity contribution >= 4 is 5.82 Å². The summed E-state index contributed by atoms with van der Waals surface area (Å²) in [7, 11) is 2.26. The molecule has 4 nitrogen and oxygen atoms in total. The van der Waals surface area contributed by atoms with E-state index in [1.54, 1.807) is 6.20 Å². The standard InChI is InChI=1S/C12H18N4/c1-16-9-4-6-10(11(16)7-5-9)14-12-3-2-8-13-15-12/h2-3,8-11H,4-7H2,1H3,(H,14,15)/t9-,10-,11-/m0/s1. The number of likely N-dealkylation sites (N-methyl/N-ethyl adjacent to an activating group) is 1. The van der Waals surface area contributed by atoms with E-state index in [9.17, 15) is 0 Å². The molecule has 3 atom stereocenters. The molecule has 16 heavy (non-hydrogen) atoms. The zero-order chi connectivity index (χ0) is 11.0. The van der Waals surface area contributed by atoms with Gasteiger partial charge in [0.25, 0.3) is 0 Å². The van der Waals surface area contributed by atoms with E-state index < -0.39 is 0 Å². The monoisotopic (exact) mass is 218 g/mol. The Balaban J connectivity index is 1.72. The molecule has 0 aromatic carbocycles. The van der Waals surface area contributed by atoms with E-state index in [4.69, 9.17) is 0 Å². The minimum absolute atomic E-state index is 0.542. The number of anilines is 1. The molecule has 1 aromatic heterocycles. The first-order valence-electron chi connectivity index (χ1n) is 6.11. The molecular weight excluding hydrogens is 200 g/mol. The lowest BCUT2D eigenvalue weighted by molar-refractivity contribution is 0.165. The molecule has 0 radical (unpaired) electrons. The van der Waals surface area contributed by atoms with E-state index in [1.807, 2.05) is 12.1 Å². The quantitative estimate of drug-likeness (QED) is 0.817. The third-order valence-electron chi connectivity index (χ3n) is 4.08. The summed E-state index contributed by atoms with van der Waals surface area (Å²) in [5.74, 6) is 0.909. The summed E-state index contributed by atoms with van der Waals surface area (Å²) in [6.07, 6.45) is 6.96. The van der Waals surface area contributed by atoms with Crippen molar-refractivity contribution < 1.29 is 0 Å². The first kappa shape index (κ1) is 10.0. The third kappa shape index (κ3) is 1.67. The number of aromatic nitrogens is 2. The van der Waals surface area contributed by atoms with Crippen LogP contribution < -0.4 is 5.32 Å². The largest absolute Gasteiger partial charge is 0.364 e. The summed E-state index contributed by atoms with van der Waals surface area (Å²) >= 11 is 0. The molecule has 3 rings (SSSR count). The SMILES string of the molecule is CN1[C@H]2CC[C@H](Nc3cccnn3)[C@@H]1CC2. The zero-order valence-corrected chi connectivity index (χ0v) is 9.63. The van der Waals surface area contributed by atoms with Gasteiger partial charge in [-0.1, -0.05) is 0 Å². The van der Waals surface area contributed by atoms with Crippen molar-refractivity contribution in [3.63, 3.8) is 0 Å². The molecule has 0 aliphatic carbocycles. The van der Waals surface area contributed by atoms with Crippen molar-refractivity contribution in [1.82, 2.24) is 15.1 Å². The molecule has 2 aliphatic rings. The highest BCUT2D eigenvalue weighted by Gasteiger charge is 2.40. The van der Waals surface area contributed by atoms with Crippen LogP contribution in [0.1, 0.15) is 25.7 Å². The maximum atomic E-state index is 4.10. The van der Waals surface area contributed by atoms with Gasteiger partial charge in [0.2, 0.25) is 0 Å². The molecule has 2 fully saturated rings. The molecule has 0 amide bonds. The van der Waals surface area contributed by atoms with Crippen molar-refractivity contribution in [3.8, 4) is 0 Å². The minimum Gasteiger partial charge on any atom is -0.364 e. The summed E-state index contributed by atoms with van der Waals surface area (Å²) in [6, 6.07) is 5.97. The highest BCUT2D eigenvalue weighted by molar-refractivity contribution is 5.34. The van der Waals surface area contributed by atoms with Gasteiger partial charge >= 0.3 is 0 Å². The molecule has 4 heteroatoms. The molecule has 0 spiro atoms. The van der Waals surface area contributed by atoms with E-state index in [0.717, 1.165) is 11.9 Å². The fourth-order valence-corrected chi connectivity index (χ4v) is 3.18. The molecule has 2 aliphatic heterocycles. The van der Waals surface area contributed by atoms with Gasteiger partial charge in [0, 0.05) is 24.3 Å². The van der Waals surface area contributed by atoms with Gasteiger partial charge in [-0.05, 0) is 44.9 Å². The second kappa shape index (κ2) is 4.01. The average molecular weight is 218 g/mol. The van der Waals surface area contributed by atoms with Crippen molar-refractivity contribution in [2.24, 2.45) is 0 Å². The Bertz CT molecular complexity index is 353. The van der Waals surface area contributed by atoms with Gasteiger partial charge < -0.3 is 5.32 Å². The fraction of sp³-hybridized carbons (Fsp3) is 0.667. The summed E-state index contributed by atoms with van der Waals surface area (Å²) in [5, 5.41) is 11.5. The van der Waals surface area contributed by atoms with Gasteiger partial charge in [-0.15, -0.1) is 5.10 Å². The first-order chi connectivity index (χ1) is 7.84. The lowest BCUT2D eigenvalue weighted by Gasteiger charge is -2.38. The van der Waals surface area contributed by atoms with Crippen LogP contribution in [0.5, 0.6) is 0 Å². The Morgan fingerprint density at radius 2 is 2.19 bits per heavy atom. The highest BCUT2D eigenvalue weighted by Crippen LogP contribution is 2.35. The van der Waals surface area contributed by atoms with Crippen LogP contribution in [0.2, 0.25) is 0 Å². The van der Waals surface area contributed by atoms with Crippen LogP contribution in [0.25, 0.3) is 0 Å². The summed E-state index contributed by atoms with van der Waals surface area (Å²) < 4.78 is 0. The third-order valence-corrected chi connectivity index (χ3v) is 4.08. The average Bonchev–Trinajstić information content (AvgIpc) is 2.55. The molecule has 1 N–H and O–H groups in total. The number of hydrogen-bond donors (Lipinski definition) is 1. The molecule has 2 saturated heterocycles. The normalized spacial score (nSPS) is 33.9. The minimum atomic E-state index is 0.542. The Morgan fingerprint density at radius 3 is 3.00 bits per heavy atom. The Morgan fingerprint density at radius 1 is 1.31 bits per heavy atom. The van der Waals surface area contributed by atoms with Gasteiger partial charge in [0.15, 0.2) is 0 Å². The van der Waals surface area contributed by atoms with E-state index >= 15 is 0 Å². The van der Waals surface area contributed by atoms with Crippen molar-refractivity contribution in [2.45, 2.75) is 43.8 Å². The first-order valence-corrected chi connectivity index (χ1v) is 6.11. The lowest BCUT2D eigenvalue weighted by Crippen LogP contribution is -2.48. The summed E-state index contributed by atoms with van der Waals surface area (Å²) in [6.45, 7) is 0. The van der Waals surface area contributed by atoms with Crippen molar-refractivity contribution in [2.75, 3.05) is 12.4 Å². The van der Waals surface area contributed by atoms with Crippen molar-refractivity contribution in [3.05, 3.63) is 18.3 Å². The maximum absolute atomic E-state index is 4.10. The Kier molecular flexibility index (Phi) is 2.52. The van der Waals surface area contributed by atoms with E-state index in [2.05, 4.69) is 27.5 Å². The second-order valence-corrected chi connectivity index (χ2v) is 4.90. The topological polar surface area (TPSA) is 41.0 Å². The van der Waals surface area contributed by atoms with Gasteiger partial charge in [-0.3, -0.25) is 4.90 Å². The van der Waals surface area contributed by atoms with Crippen molar-refractivity contribution in [1.29, 1.82) is 0 Å². The van der Waals surface area contributed by atoms with Crippen LogP contribution in [0, 0.1) is 0 Å². The molecule has 86 valence electrons. The van der Waals surface area contributed by atoms with Gasteiger partial charge in [0.05, 0.1) is 0 Å². The highest BCUT2D eigenvalue weighted by atomic mass is 15.2. The molecule has 2 bridgehead atoms. The molecule has 0 unspecified atom stereocenters. The van der Waals surface area contributed by atoms with Gasteiger partial charge in [-0.2, -0.15) is 5.10 Å². The fourth-order valence-electron chi connectivity index (χ4n) is 3.18. The summed E-state index contributed by atoms with van der Waals surface area (Å²) in [5.41, 5.74) is 0. The number of nitrogens with zero attached hydrogens (tertiary/aromatic N) is 3. The van der Waals surface area contributed by atoms with E-state index in [0.29, 0.717) is 12.1 Å². The predicted octanol–water partition coefficient (Wildman–Crippen LogP) is 1.51. The zero-order valence-electron chi connectivity index (χ0n) is 9.63. The van der Waals surface area contributed by atoms with Crippen LogP contribution in [0.3, 0.4) is 0 Å². The van der Waals surface area contributed by atoms with Gasteiger partial charge in [-0.25, -0.2) is 0 Å². The van der Waals surface area contributed by atoms with E-state index in [1.165, 1.54) is 25.7 Å². The number of piperidine rings is 1. The number of hydrogen-bond acceptors (Lipinski definition) is 4. The van der Waals surface area contributed by atoms with Crippen LogP contribution in [-0.4, -0.2) is 40.3 Å². The number of fused-ring (bicyclic) bond motifs is 2. The number of rotatable bonds is 2. The van der Waals surface area contributed by atoms with Gasteiger partial charge in [0.1, 0.15) is 5.82 Å². The molecule has 1 aromatic rings. The Labute approximate surface area is 96.1 Å². The Hall–Kier alpha value is -1.16. The second-order valence-electron chi connectivity index (χ2n) is 4.90. The van der Waals surface area contributed by atoms with Crippen LogP contribution in [0.4, 0.5) is 5.82 Å². The predicted molar refractivity (Wildman–Crippen MR) is 63.2 cm³/mol. The van der Waals surface area contributed by atoms with E-state index in [-0.39, 0.29) is 0 Å². The molecule has 3 heterocycles. The summed E-state index contributed by atoms with van der Waals surface area (Å²) in [4.78, 5) is 2.54. The van der Waals surface area contributed by atoms with Crippen LogP contribution in [-0.2, 0) is 0 Å². The molecule has 0 saturated carbocycles. The lowest BCUT2D eigenvalue weighted by atomic mass is 9.98. The van der Waals surface area contributed by atoms with Crippen LogP contribution >= 0.6 is 0 Å².